The average molecular weight is 302 g/mol. The van der Waals surface area contributed by atoms with Crippen LogP contribution in [0.2, 0.25) is 0 Å². The lowest BCUT2D eigenvalue weighted by molar-refractivity contribution is 0.0949. The first-order valence-electron chi connectivity index (χ1n) is 5.27. The number of hydrogen-bond donors (Lipinski definition) is 2. The second-order valence-corrected chi connectivity index (χ2v) is 5.50. The van der Waals surface area contributed by atoms with Crippen molar-refractivity contribution in [3.8, 4) is 0 Å². The van der Waals surface area contributed by atoms with Gasteiger partial charge >= 0.3 is 0 Å². The van der Waals surface area contributed by atoms with Gasteiger partial charge in [0.2, 0.25) is 0 Å². The molecule has 0 saturated carbocycles. The summed E-state index contributed by atoms with van der Waals surface area (Å²) in [5, 5.41) is 2.89. The molecule has 4 heteroatoms. The molecule has 0 radical (unpaired) electrons. The molecule has 88 valence electrons. The Morgan fingerprint density at radius 1 is 1.50 bits per heavy atom. The topological polar surface area (TPSA) is 29.1 Å². The Labute approximate surface area is 110 Å². The van der Waals surface area contributed by atoms with Crippen LogP contribution < -0.4 is 5.32 Å². The maximum atomic E-state index is 11.8. The van der Waals surface area contributed by atoms with Crippen LogP contribution in [0.4, 0.5) is 0 Å². The maximum absolute atomic E-state index is 11.8. The average Bonchev–Trinajstić information content (AvgIpc) is 2.16. The van der Waals surface area contributed by atoms with Crippen molar-refractivity contribution in [2.24, 2.45) is 5.92 Å². The van der Waals surface area contributed by atoms with E-state index in [1.165, 1.54) is 0 Å². The summed E-state index contributed by atoms with van der Waals surface area (Å²) in [5.74, 6) is 0.541. The molecule has 16 heavy (non-hydrogen) atoms. The van der Waals surface area contributed by atoms with Gasteiger partial charge in [-0.05, 0) is 30.5 Å². The van der Waals surface area contributed by atoms with Gasteiger partial charge in [0.25, 0.3) is 5.91 Å². The van der Waals surface area contributed by atoms with Crippen LogP contribution in [0.15, 0.2) is 27.6 Å². The number of halogens is 1. The lowest BCUT2D eigenvalue weighted by Gasteiger charge is -2.08. The van der Waals surface area contributed by atoms with E-state index >= 15 is 0 Å². The third-order valence-corrected chi connectivity index (χ3v) is 3.07. The van der Waals surface area contributed by atoms with Crippen LogP contribution in [0, 0.1) is 5.92 Å². The number of carbonyl (C=O) groups is 1. The second-order valence-electron chi connectivity index (χ2n) is 4.10. The highest BCUT2D eigenvalue weighted by molar-refractivity contribution is 9.10. The number of carbonyl (C=O) groups excluding carboxylic acids is 1. The first kappa shape index (κ1) is 13.6. The summed E-state index contributed by atoms with van der Waals surface area (Å²) in [6.07, 6.45) is 0.990. The number of benzene rings is 1. The molecule has 0 aromatic heterocycles. The summed E-state index contributed by atoms with van der Waals surface area (Å²) in [4.78, 5) is 12.5. The van der Waals surface area contributed by atoms with E-state index in [1.807, 2.05) is 12.1 Å². The predicted molar refractivity (Wildman–Crippen MR) is 73.2 cm³/mol. The zero-order valence-electron chi connectivity index (χ0n) is 9.46. The minimum absolute atomic E-state index is 0.0573. The van der Waals surface area contributed by atoms with Crippen LogP contribution in [0.25, 0.3) is 0 Å². The Morgan fingerprint density at radius 3 is 2.75 bits per heavy atom. The van der Waals surface area contributed by atoms with Crippen LogP contribution in [0.5, 0.6) is 0 Å². The maximum Gasteiger partial charge on any atom is 0.252 e. The van der Waals surface area contributed by atoms with E-state index in [9.17, 15) is 4.79 Å². The third-order valence-electron chi connectivity index (χ3n) is 2.21. The van der Waals surface area contributed by atoms with Crippen molar-refractivity contribution in [1.29, 1.82) is 0 Å². The standard InChI is InChI=1S/C12H16BrNOS/c1-8(2)5-6-14-12(15)10-4-3-9(13)7-11(10)16/h3-4,7-8,16H,5-6H2,1-2H3,(H,14,15). The molecule has 0 unspecified atom stereocenters. The molecule has 0 aliphatic rings. The van der Waals surface area contributed by atoms with Crippen LogP contribution in [-0.4, -0.2) is 12.5 Å². The Morgan fingerprint density at radius 2 is 2.19 bits per heavy atom. The summed E-state index contributed by atoms with van der Waals surface area (Å²) < 4.78 is 0.927. The van der Waals surface area contributed by atoms with Crippen LogP contribution in [0.3, 0.4) is 0 Å². The number of amides is 1. The Kier molecular flexibility index (Phi) is 5.35. The van der Waals surface area contributed by atoms with Gasteiger partial charge in [0.1, 0.15) is 0 Å². The van der Waals surface area contributed by atoms with E-state index in [-0.39, 0.29) is 5.91 Å². The third kappa shape index (κ3) is 4.18. The van der Waals surface area contributed by atoms with Crippen molar-refractivity contribution < 1.29 is 4.79 Å². The Bertz CT molecular complexity index is 379. The van der Waals surface area contributed by atoms with Gasteiger partial charge in [-0.2, -0.15) is 0 Å². The molecule has 2 nitrogen and oxygen atoms in total. The largest absolute Gasteiger partial charge is 0.352 e. The highest BCUT2D eigenvalue weighted by Gasteiger charge is 2.09. The summed E-state index contributed by atoms with van der Waals surface area (Å²) in [5.41, 5.74) is 0.621. The van der Waals surface area contributed by atoms with Gasteiger partial charge in [0.15, 0.2) is 0 Å². The van der Waals surface area contributed by atoms with Gasteiger partial charge in [0.05, 0.1) is 5.56 Å². The number of nitrogens with one attached hydrogen (secondary N) is 1. The SMILES string of the molecule is CC(C)CCNC(=O)c1ccc(Br)cc1S. The fraction of sp³-hybridized carbons (Fsp3) is 0.417. The second kappa shape index (κ2) is 6.30. The highest BCUT2D eigenvalue weighted by atomic mass is 79.9. The fourth-order valence-corrected chi connectivity index (χ4v) is 2.12. The molecular formula is C12H16BrNOS. The minimum atomic E-state index is -0.0573. The lowest BCUT2D eigenvalue weighted by Crippen LogP contribution is -2.25. The van der Waals surface area contributed by atoms with Gasteiger partial charge in [0, 0.05) is 15.9 Å². The fourth-order valence-electron chi connectivity index (χ4n) is 1.27. The molecule has 0 saturated heterocycles. The summed E-state index contributed by atoms with van der Waals surface area (Å²) in [6.45, 7) is 4.98. The number of hydrogen-bond acceptors (Lipinski definition) is 2. The Hall–Kier alpha value is -0.480. The zero-order chi connectivity index (χ0) is 12.1. The van der Waals surface area contributed by atoms with Gasteiger partial charge in [-0.3, -0.25) is 4.79 Å². The molecule has 0 atom stereocenters. The van der Waals surface area contributed by atoms with Crippen molar-refractivity contribution in [2.75, 3.05) is 6.54 Å². The van der Waals surface area contributed by atoms with Crippen LogP contribution >= 0.6 is 28.6 Å². The molecule has 0 aliphatic carbocycles. The molecule has 1 amide bonds. The van der Waals surface area contributed by atoms with E-state index < -0.39 is 0 Å². The van der Waals surface area contributed by atoms with Gasteiger partial charge in [-0.15, -0.1) is 12.6 Å². The van der Waals surface area contributed by atoms with E-state index in [1.54, 1.807) is 6.07 Å². The number of rotatable bonds is 4. The van der Waals surface area contributed by atoms with Crippen molar-refractivity contribution in [3.63, 3.8) is 0 Å². The number of thiol groups is 1. The van der Waals surface area contributed by atoms with E-state index in [0.717, 1.165) is 10.9 Å². The monoisotopic (exact) mass is 301 g/mol. The quantitative estimate of drug-likeness (QED) is 0.819. The van der Waals surface area contributed by atoms with Crippen molar-refractivity contribution in [1.82, 2.24) is 5.32 Å². The molecule has 1 aromatic rings. The molecule has 1 N–H and O–H groups in total. The van der Waals surface area contributed by atoms with E-state index in [2.05, 4.69) is 47.7 Å². The highest BCUT2D eigenvalue weighted by Crippen LogP contribution is 2.19. The van der Waals surface area contributed by atoms with Crippen molar-refractivity contribution in [2.45, 2.75) is 25.2 Å². The van der Waals surface area contributed by atoms with Crippen LogP contribution in [-0.2, 0) is 0 Å². The molecular weight excluding hydrogens is 286 g/mol. The van der Waals surface area contributed by atoms with Gasteiger partial charge in [-0.1, -0.05) is 29.8 Å². The molecule has 1 rings (SSSR count). The minimum Gasteiger partial charge on any atom is -0.352 e. The van der Waals surface area contributed by atoms with E-state index in [4.69, 9.17) is 0 Å². The molecule has 0 bridgehead atoms. The van der Waals surface area contributed by atoms with Crippen molar-refractivity contribution in [3.05, 3.63) is 28.2 Å². The molecule has 0 spiro atoms. The van der Waals surface area contributed by atoms with Gasteiger partial charge < -0.3 is 5.32 Å². The molecule has 1 aromatic carbocycles. The Balaban J connectivity index is 2.59. The van der Waals surface area contributed by atoms with Crippen molar-refractivity contribution >= 4 is 34.5 Å². The first-order valence-corrected chi connectivity index (χ1v) is 6.51. The predicted octanol–water partition coefficient (Wildman–Crippen LogP) is 3.51. The lowest BCUT2D eigenvalue weighted by atomic mass is 10.1. The van der Waals surface area contributed by atoms with E-state index in [0.29, 0.717) is 22.9 Å². The summed E-state index contributed by atoms with van der Waals surface area (Å²) in [6, 6.07) is 5.44. The van der Waals surface area contributed by atoms with Gasteiger partial charge in [-0.25, -0.2) is 0 Å². The normalized spacial score (nSPS) is 10.6. The summed E-state index contributed by atoms with van der Waals surface area (Å²) in [7, 11) is 0. The first-order chi connectivity index (χ1) is 7.50. The molecule has 0 heterocycles. The zero-order valence-corrected chi connectivity index (χ0v) is 11.9. The molecule has 0 aliphatic heterocycles. The van der Waals surface area contributed by atoms with Crippen LogP contribution in [0.1, 0.15) is 30.6 Å². The smallest absolute Gasteiger partial charge is 0.252 e. The summed E-state index contributed by atoms with van der Waals surface area (Å²) >= 11 is 7.62. The molecule has 0 fully saturated rings.